The van der Waals surface area contributed by atoms with Crippen LogP contribution in [0.15, 0.2) is 30.5 Å². The maximum absolute atomic E-state index is 13.0. The zero-order valence-corrected chi connectivity index (χ0v) is 15.7. The third-order valence-corrected chi connectivity index (χ3v) is 4.36. The van der Waals surface area contributed by atoms with Gasteiger partial charge in [-0.15, -0.1) is 0 Å². The minimum Gasteiger partial charge on any atom is -0.321 e. The maximum Gasteiger partial charge on any atom is 0.416 e. The lowest BCUT2D eigenvalue weighted by Crippen LogP contribution is -2.18. The first kappa shape index (κ1) is 21.3. The first-order valence-corrected chi connectivity index (χ1v) is 8.47. The lowest BCUT2D eigenvalue weighted by atomic mass is 10.1. The van der Waals surface area contributed by atoms with Gasteiger partial charge in [-0.05, 0) is 31.2 Å². The van der Waals surface area contributed by atoms with Crippen molar-refractivity contribution in [2.75, 3.05) is 5.32 Å². The van der Waals surface area contributed by atoms with Crippen LogP contribution in [-0.4, -0.2) is 15.3 Å². The van der Waals surface area contributed by atoms with Gasteiger partial charge in [-0.2, -0.15) is 26.3 Å². The van der Waals surface area contributed by atoms with Gasteiger partial charge in [0, 0.05) is 11.9 Å². The number of nitrogens with one attached hydrogen (secondary N) is 1. The first-order valence-electron chi connectivity index (χ1n) is 7.72. The Hall–Kier alpha value is -2.46. The fraction of sp³-hybridized carbons (Fsp3) is 0.176. The van der Waals surface area contributed by atoms with Gasteiger partial charge >= 0.3 is 12.4 Å². The van der Waals surface area contributed by atoms with Crippen LogP contribution in [0, 0.1) is 6.92 Å². The smallest absolute Gasteiger partial charge is 0.321 e. The molecule has 0 saturated heterocycles. The molecule has 0 aliphatic carbocycles. The Morgan fingerprint density at radius 1 is 1.00 bits per heavy atom. The molecule has 0 bridgehead atoms. The first-order chi connectivity index (χ1) is 13.3. The zero-order chi connectivity index (χ0) is 21.7. The zero-order valence-electron chi connectivity index (χ0n) is 14.2. The van der Waals surface area contributed by atoms with Crippen LogP contribution in [0.2, 0.25) is 10.0 Å². The monoisotopic (exact) mass is 455 g/mol. The molecule has 0 atom stereocenters. The topological polar surface area (TPSA) is 46.4 Å². The van der Waals surface area contributed by atoms with Crippen molar-refractivity contribution < 1.29 is 31.1 Å². The average molecular weight is 456 g/mol. The molecule has 0 aliphatic rings. The average Bonchev–Trinajstić information content (AvgIpc) is 2.89. The number of halogens is 8. The van der Waals surface area contributed by atoms with Crippen molar-refractivity contribution in [3.05, 3.63) is 63.0 Å². The number of carbonyl (C=O) groups excluding carboxylic acids is 1. The largest absolute Gasteiger partial charge is 0.416 e. The van der Waals surface area contributed by atoms with Crippen molar-refractivity contribution in [2.24, 2.45) is 0 Å². The highest BCUT2D eigenvalue weighted by molar-refractivity contribution is 6.36. The summed E-state index contributed by atoms with van der Waals surface area (Å²) in [4.78, 5) is 16.7. The second-order valence-electron chi connectivity index (χ2n) is 5.99. The number of hydrogen-bond acceptors (Lipinski definition) is 2. The molecule has 12 heteroatoms. The van der Waals surface area contributed by atoms with Crippen LogP contribution in [0.3, 0.4) is 0 Å². The Balaban J connectivity index is 2.08. The van der Waals surface area contributed by atoms with E-state index in [0.717, 1.165) is 0 Å². The Morgan fingerprint density at radius 3 is 2.07 bits per heavy atom. The van der Waals surface area contributed by atoms with Crippen LogP contribution in [0.1, 0.15) is 27.3 Å². The van der Waals surface area contributed by atoms with Gasteiger partial charge in [-0.3, -0.25) is 9.20 Å². The van der Waals surface area contributed by atoms with Gasteiger partial charge in [0.1, 0.15) is 5.69 Å². The molecule has 2 heterocycles. The number of rotatable bonds is 2. The second kappa shape index (κ2) is 7.10. The van der Waals surface area contributed by atoms with Gasteiger partial charge in [-0.25, -0.2) is 4.98 Å². The van der Waals surface area contributed by atoms with Gasteiger partial charge < -0.3 is 5.32 Å². The Bertz CT molecular complexity index is 1090. The van der Waals surface area contributed by atoms with E-state index >= 15 is 0 Å². The van der Waals surface area contributed by atoms with E-state index in [4.69, 9.17) is 23.2 Å². The SMILES string of the molecule is Cc1nc2c(Cl)cc(Cl)cn2c1C(=O)Nc1cc(C(F)(F)F)cc(C(F)(F)F)c1. The van der Waals surface area contributed by atoms with E-state index in [1.54, 1.807) is 0 Å². The summed E-state index contributed by atoms with van der Waals surface area (Å²) in [5.74, 6) is -0.985. The third kappa shape index (κ3) is 4.27. The Kier molecular flexibility index (Phi) is 5.20. The molecule has 0 spiro atoms. The number of amides is 1. The van der Waals surface area contributed by atoms with E-state index in [1.165, 1.54) is 23.6 Å². The summed E-state index contributed by atoms with van der Waals surface area (Å²) in [6.45, 7) is 1.43. The van der Waals surface area contributed by atoms with Crippen molar-refractivity contribution in [3.63, 3.8) is 0 Å². The van der Waals surface area contributed by atoms with Crippen molar-refractivity contribution in [3.8, 4) is 0 Å². The van der Waals surface area contributed by atoms with Crippen LogP contribution in [0.25, 0.3) is 5.65 Å². The fourth-order valence-corrected chi connectivity index (χ4v) is 3.19. The number of carbonyl (C=O) groups is 1. The standard InChI is InChI=1S/C17H9Cl2F6N3O/c1-7-13(28-6-10(18)5-12(19)14(28)26-7)15(29)27-11-3-8(16(20,21)22)2-9(4-11)17(23,24)25/h2-6H,1H3,(H,27,29). The molecule has 4 nitrogen and oxygen atoms in total. The van der Waals surface area contributed by atoms with Gasteiger partial charge in [0.05, 0.1) is 26.9 Å². The van der Waals surface area contributed by atoms with Gasteiger partial charge in [-0.1, -0.05) is 23.2 Å². The van der Waals surface area contributed by atoms with Crippen LogP contribution < -0.4 is 5.32 Å². The predicted octanol–water partition coefficient (Wildman–Crippen LogP) is 6.24. The molecule has 3 rings (SSSR count). The molecule has 0 aliphatic heterocycles. The number of aryl methyl sites for hydroxylation is 1. The predicted molar refractivity (Wildman–Crippen MR) is 94.3 cm³/mol. The molecule has 1 N–H and O–H groups in total. The van der Waals surface area contributed by atoms with Crippen molar-refractivity contribution in [1.82, 2.24) is 9.38 Å². The third-order valence-electron chi connectivity index (χ3n) is 3.88. The molecule has 2 aromatic heterocycles. The number of alkyl halides is 6. The molecule has 1 amide bonds. The van der Waals surface area contributed by atoms with Crippen molar-refractivity contribution in [1.29, 1.82) is 0 Å². The maximum atomic E-state index is 13.0. The summed E-state index contributed by atoms with van der Waals surface area (Å²) >= 11 is 11.9. The number of anilines is 1. The number of benzene rings is 1. The lowest BCUT2D eigenvalue weighted by molar-refractivity contribution is -0.143. The van der Waals surface area contributed by atoms with E-state index in [9.17, 15) is 31.1 Å². The molecular formula is C17H9Cl2F6N3O. The Labute approximate surface area is 169 Å². The number of nitrogens with zero attached hydrogens (tertiary/aromatic N) is 2. The minimum absolute atomic E-state index is 0.0331. The Morgan fingerprint density at radius 2 is 1.55 bits per heavy atom. The van der Waals surface area contributed by atoms with E-state index in [-0.39, 0.29) is 33.1 Å². The van der Waals surface area contributed by atoms with Gasteiger partial charge in [0.15, 0.2) is 5.65 Å². The number of hydrogen-bond donors (Lipinski definition) is 1. The molecule has 0 fully saturated rings. The molecule has 0 unspecified atom stereocenters. The van der Waals surface area contributed by atoms with Gasteiger partial charge in [0.2, 0.25) is 0 Å². The van der Waals surface area contributed by atoms with Crippen LogP contribution in [-0.2, 0) is 12.4 Å². The summed E-state index contributed by atoms with van der Waals surface area (Å²) in [5, 5.41) is 2.31. The molecule has 1 aromatic carbocycles. The number of imidazole rings is 1. The fourth-order valence-electron chi connectivity index (χ4n) is 2.68. The molecular weight excluding hydrogens is 447 g/mol. The molecule has 0 saturated carbocycles. The summed E-state index contributed by atoms with van der Waals surface area (Å²) in [5.41, 5.74) is -3.63. The molecule has 29 heavy (non-hydrogen) atoms. The second-order valence-corrected chi connectivity index (χ2v) is 6.84. The van der Waals surface area contributed by atoms with Crippen molar-refractivity contribution >= 4 is 40.4 Å². The summed E-state index contributed by atoms with van der Waals surface area (Å²) in [6, 6.07) is 2.15. The van der Waals surface area contributed by atoms with Crippen LogP contribution in [0.5, 0.6) is 0 Å². The highest BCUT2D eigenvalue weighted by Gasteiger charge is 2.37. The van der Waals surface area contributed by atoms with E-state index in [1.807, 2.05) is 0 Å². The lowest BCUT2D eigenvalue weighted by Gasteiger charge is -2.15. The summed E-state index contributed by atoms with van der Waals surface area (Å²) in [6.07, 6.45) is -8.78. The molecule has 154 valence electrons. The quantitative estimate of drug-likeness (QED) is 0.465. The number of fused-ring (bicyclic) bond motifs is 1. The van der Waals surface area contributed by atoms with Crippen LogP contribution in [0.4, 0.5) is 32.0 Å². The van der Waals surface area contributed by atoms with Gasteiger partial charge in [0.25, 0.3) is 5.91 Å². The van der Waals surface area contributed by atoms with E-state index in [0.29, 0.717) is 12.1 Å². The van der Waals surface area contributed by atoms with Crippen LogP contribution >= 0.6 is 23.2 Å². The summed E-state index contributed by atoms with van der Waals surface area (Å²) < 4.78 is 79.1. The molecule has 3 aromatic rings. The number of aromatic nitrogens is 2. The normalized spacial score (nSPS) is 12.4. The van der Waals surface area contributed by atoms with E-state index in [2.05, 4.69) is 10.3 Å². The highest BCUT2D eigenvalue weighted by Crippen LogP contribution is 2.37. The molecule has 0 radical (unpaired) electrons. The number of pyridine rings is 1. The van der Waals surface area contributed by atoms with Crippen molar-refractivity contribution in [2.45, 2.75) is 19.3 Å². The highest BCUT2D eigenvalue weighted by atomic mass is 35.5. The van der Waals surface area contributed by atoms with E-state index < -0.39 is 35.1 Å². The minimum atomic E-state index is -5.04. The summed E-state index contributed by atoms with van der Waals surface area (Å²) in [7, 11) is 0.